The van der Waals surface area contributed by atoms with Crippen LogP contribution in [0.2, 0.25) is 0 Å². The van der Waals surface area contributed by atoms with Crippen molar-refractivity contribution in [2.75, 3.05) is 0 Å². The molecule has 0 unspecified atom stereocenters. The summed E-state index contributed by atoms with van der Waals surface area (Å²) in [5.74, 6) is -0.391. The van der Waals surface area contributed by atoms with E-state index in [2.05, 4.69) is 10.7 Å². The highest BCUT2D eigenvalue weighted by Crippen LogP contribution is 1.89. The first kappa shape index (κ1) is 9.35. The predicted octanol–water partition coefficient (Wildman–Crippen LogP) is 0.167. The van der Waals surface area contributed by atoms with E-state index in [1.165, 1.54) is 6.92 Å². The SMILES string of the molecule is CC(=O)C(C=NC(N)=O)=CO. The molecule has 0 radical (unpaired) electrons. The molecule has 5 nitrogen and oxygen atoms in total. The molecular formula is C6H8N2O3. The number of hydrogen-bond donors (Lipinski definition) is 2. The number of amides is 2. The molecule has 0 atom stereocenters. The third kappa shape index (κ3) is 3.85. The lowest BCUT2D eigenvalue weighted by molar-refractivity contribution is -0.113. The maximum absolute atomic E-state index is 10.5. The minimum atomic E-state index is -0.911. The summed E-state index contributed by atoms with van der Waals surface area (Å²) in [6.45, 7) is 1.23. The second-order valence-electron chi connectivity index (χ2n) is 1.74. The van der Waals surface area contributed by atoms with Crippen molar-refractivity contribution in [3.63, 3.8) is 0 Å². The lowest BCUT2D eigenvalue weighted by Crippen LogP contribution is -2.06. The molecule has 0 aliphatic carbocycles. The van der Waals surface area contributed by atoms with Crippen LogP contribution in [0.1, 0.15) is 6.92 Å². The fourth-order valence-corrected chi connectivity index (χ4v) is 0.348. The number of carbonyl (C=O) groups is 2. The van der Waals surface area contributed by atoms with Gasteiger partial charge in [-0.05, 0) is 6.92 Å². The normalized spacial score (nSPS) is 11.9. The number of rotatable bonds is 2. The second-order valence-corrected chi connectivity index (χ2v) is 1.74. The van der Waals surface area contributed by atoms with Gasteiger partial charge in [0.05, 0.1) is 11.8 Å². The van der Waals surface area contributed by atoms with Crippen LogP contribution in [-0.2, 0) is 4.79 Å². The number of nitrogens with two attached hydrogens (primary N) is 1. The van der Waals surface area contributed by atoms with Crippen LogP contribution in [0.3, 0.4) is 0 Å². The molecule has 0 aromatic rings. The Morgan fingerprint density at radius 1 is 1.55 bits per heavy atom. The van der Waals surface area contributed by atoms with Crippen LogP contribution >= 0.6 is 0 Å². The Balaban J connectivity index is 4.34. The van der Waals surface area contributed by atoms with Gasteiger partial charge in [-0.3, -0.25) is 4.79 Å². The zero-order valence-electron chi connectivity index (χ0n) is 5.94. The van der Waals surface area contributed by atoms with Gasteiger partial charge in [-0.2, -0.15) is 0 Å². The van der Waals surface area contributed by atoms with Crippen LogP contribution < -0.4 is 5.73 Å². The summed E-state index contributed by atoms with van der Waals surface area (Å²) in [5.41, 5.74) is 4.57. The van der Waals surface area contributed by atoms with Crippen molar-refractivity contribution in [2.24, 2.45) is 10.7 Å². The van der Waals surface area contributed by atoms with Crippen LogP contribution in [0.4, 0.5) is 4.79 Å². The number of aliphatic imine (C=N–C) groups is 1. The standard InChI is InChI=1S/C6H8N2O3/c1-4(10)5(3-9)2-8-6(7)11/h2-3,9H,1H3,(H2,7,11). The van der Waals surface area contributed by atoms with Crippen molar-refractivity contribution >= 4 is 18.0 Å². The van der Waals surface area contributed by atoms with Gasteiger partial charge in [-0.25, -0.2) is 9.79 Å². The lowest BCUT2D eigenvalue weighted by Gasteiger charge is -1.89. The Hall–Kier alpha value is -1.65. The molecule has 3 N–H and O–H groups in total. The number of hydrogen-bond acceptors (Lipinski definition) is 3. The fourth-order valence-electron chi connectivity index (χ4n) is 0.348. The Kier molecular flexibility index (Phi) is 3.58. The number of carbonyl (C=O) groups excluding carboxylic acids is 2. The molecule has 0 saturated carbocycles. The molecule has 0 spiro atoms. The fraction of sp³-hybridized carbons (Fsp3) is 0.167. The zero-order chi connectivity index (χ0) is 8.85. The van der Waals surface area contributed by atoms with Crippen LogP contribution in [0, 0.1) is 0 Å². The minimum absolute atomic E-state index is 0.0659. The Labute approximate surface area is 63.2 Å². The number of nitrogens with zero attached hydrogens (tertiary/aromatic N) is 1. The molecule has 0 aromatic heterocycles. The van der Waals surface area contributed by atoms with Crippen molar-refractivity contribution in [3.05, 3.63) is 11.8 Å². The first-order valence-electron chi connectivity index (χ1n) is 2.76. The third-order valence-electron chi connectivity index (χ3n) is 0.876. The maximum Gasteiger partial charge on any atom is 0.338 e. The van der Waals surface area contributed by atoms with Gasteiger partial charge in [0.2, 0.25) is 0 Å². The average Bonchev–Trinajstić information content (AvgIpc) is 1.87. The summed E-state index contributed by atoms with van der Waals surface area (Å²) in [4.78, 5) is 23.6. The van der Waals surface area contributed by atoms with Gasteiger partial charge in [0.15, 0.2) is 5.78 Å². The molecule has 0 aromatic carbocycles. The van der Waals surface area contributed by atoms with Gasteiger partial charge in [-0.1, -0.05) is 0 Å². The van der Waals surface area contributed by atoms with Crippen LogP contribution in [-0.4, -0.2) is 23.1 Å². The summed E-state index contributed by atoms with van der Waals surface area (Å²) in [5, 5.41) is 8.38. The van der Waals surface area contributed by atoms with Gasteiger partial charge < -0.3 is 10.8 Å². The monoisotopic (exact) mass is 156 g/mol. The number of aliphatic hydroxyl groups is 1. The summed E-state index contributed by atoms with van der Waals surface area (Å²) in [6, 6.07) is -0.911. The second kappa shape index (κ2) is 4.21. The van der Waals surface area contributed by atoms with Crippen molar-refractivity contribution in [2.45, 2.75) is 6.92 Å². The molecule has 0 saturated heterocycles. The van der Waals surface area contributed by atoms with Gasteiger partial charge in [0.1, 0.15) is 0 Å². The van der Waals surface area contributed by atoms with E-state index >= 15 is 0 Å². The molecule has 0 fully saturated rings. The van der Waals surface area contributed by atoms with E-state index in [0.29, 0.717) is 6.26 Å². The summed E-state index contributed by atoms with van der Waals surface area (Å²) in [7, 11) is 0. The van der Waals surface area contributed by atoms with Gasteiger partial charge in [0, 0.05) is 6.21 Å². The Morgan fingerprint density at radius 2 is 2.09 bits per heavy atom. The largest absolute Gasteiger partial charge is 0.515 e. The van der Waals surface area contributed by atoms with Crippen LogP contribution in [0.15, 0.2) is 16.8 Å². The number of ketones is 1. The predicted molar refractivity (Wildman–Crippen MR) is 39.5 cm³/mol. The van der Waals surface area contributed by atoms with E-state index in [1.54, 1.807) is 0 Å². The van der Waals surface area contributed by atoms with E-state index in [9.17, 15) is 9.59 Å². The smallest absolute Gasteiger partial charge is 0.338 e. The Morgan fingerprint density at radius 3 is 2.36 bits per heavy atom. The van der Waals surface area contributed by atoms with Gasteiger partial charge >= 0.3 is 6.03 Å². The van der Waals surface area contributed by atoms with E-state index in [-0.39, 0.29) is 5.57 Å². The quantitative estimate of drug-likeness (QED) is 0.339. The topological polar surface area (TPSA) is 92.8 Å². The molecular weight excluding hydrogens is 148 g/mol. The average molecular weight is 156 g/mol. The van der Waals surface area contributed by atoms with E-state index in [0.717, 1.165) is 6.21 Å². The molecule has 0 aliphatic rings. The van der Waals surface area contributed by atoms with E-state index < -0.39 is 11.8 Å². The van der Waals surface area contributed by atoms with E-state index in [4.69, 9.17) is 5.11 Å². The van der Waals surface area contributed by atoms with Gasteiger partial charge in [0.25, 0.3) is 0 Å². The minimum Gasteiger partial charge on any atom is -0.515 e. The van der Waals surface area contributed by atoms with Crippen molar-refractivity contribution in [1.29, 1.82) is 0 Å². The molecule has 0 bridgehead atoms. The lowest BCUT2D eigenvalue weighted by atomic mass is 10.2. The van der Waals surface area contributed by atoms with Crippen molar-refractivity contribution in [1.82, 2.24) is 0 Å². The first-order valence-corrected chi connectivity index (χ1v) is 2.76. The molecule has 0 heterocycles. The molecule has 60 valence electrons. The zero-order valence-corrected chi connectivity index (χ0v) is 5.94. The summed E-state index contributed by atoms with van der Waals surface area (Å²) < 4.78 is 0. The number of primary amides is 1. The Bertz CT molecular complexity index is 230. The summed E-state index contributed by atoms with van der Waals surface area (Å²) >= 11 is 0. The molecule has 5 heteroatoms. The van der Waals surface area contributed by atoms with Crippen molar-refractivity contribution in [3.8, 4) is 0 Å². The summed E-state index contributed by atoms with van der Waals surface area (Å²) in [6.07, 6.45) is 1.47. The number of aliphatic hydroxyl groups excluding tert-OH is 1. The third-order valence-corrected chi connectivity index (χ3v) is 0.876. The molecule has 2 amide bonds. The first-order chi connectivity index (χ1) is 5.07. The maximum atomic E-state index is 10.5. The molecule has 0 aliphatic heterocycles. The number of Topliss-reactive ketones (excluding diaryl/α,β-unsaturated/α-hetero) is 1. The van der Waals surface area contributed by atoms with Crippen molar-refractivity contribution < 1.29 is 14.7 Å². The molecule has 0 rings (SSSR count). The number of urea groups is 1. The van der Waals surface area contributed by atoms with Gasteiger partial charge in [-0.15, -0.1) is 0 Å². The highest BCUT2D eigenvalue weighted by Gasteiger charge is 1.99. The highest BCUT2D eigenvalue weighted by molar-refractivity contribution is 6.13. The molecule has 11 heavy (non-hydrogen) atoms. The van der Waals surface area contributed by atoms with E-state index in [1.807, 2.05) is 0 Å². The van der Waals surface area contributed by atoms with Crippen LogP contribution in [0.5, 0.6) is 0 Å². The van der Waals surface area contributed by atoms with Crippen LogP contribution in [0.25, 0.3) is 0 Å². The highest BCUT2D eigenvalue weighted by atomic mass is 16.2. The number of allylic oxidation sites excluding steroid dienone is 1.